The summed E-state index contributed by atoms with van der Waals surface area (Å²) in [5.41, 5.74) is 0.0134. The highest BCUT2D eigenvalue weighted by Gasteiger charge is 2.29. The molecule has 0 aromatic rings. The molecule has 0 fully saturated rings. The van der Waals surface area contributed by atoms with Crippen LogP contribution in [-0.4, -0.2) is 23.8 Å². The Hall–Kier alpha value is -0.830. The lowest BCUT2D eigenvalue weighted by Gasteiger charge is -2.30. The van der Waals surface area contributed by atoms with Crippen molar-refractivity contribution in [3.63, 3.8) is 0 Å². The van der Waals surface area contributed by atoms with Crippen molar-refractivity contribution in [3.8, 4) is 0 Å². The largest absolute Gasteiger partial charge is 0.462 e. The van der Waals surface area contributed by atoms with Crippen LogP contribution >= 0.6 is 0 Å². The van der Waals surface area contributed by atoms with Crippen LogP contribution in [0.25, 0.3) is 0 Å². The second kappa shape index (κ2) is 5.15. The lowest BCUT2D eigenvalue weighted by molar-refractivity contribution is -0.144. The summed E-state index contributed by atoms with van der Waals surface area (Å²) in [6, 6.07) is 0. The Morgan fingerprint density at radius 3 is 2.43 bits per heavy atom. The van der Waals surface area contributed by atoms with E-state index >= 15 is 0 Å². The number of carbonyl (C=O) groups excluding carboxylic acids is 1. The van der Waals surface area contributed by atoms with Crippen LogP contribution in [0, 0.1) is 5.41 Å². The van der Waals surface area contributed by atoms with E-state index in [0.717, 1.165) is 6.42 Å². The standard InChI is InChI=1S/C11H20O3/c1-6-11(5,9(4)12)7-14-10(13)8(2)3/h9,12H,2,6-7H2,1,3-5H3. The van der Waals surface area contributed by atoms with E-state index in [4.69, 9.17) is 4.74 Å². The van der Waals surface area contributed by atoms with Crippen LogP contribution < -0.4 is 0 Å². The lowest BCUT2D eigenvalue weighted by atomic mass is 9.83. The van der Waals surface area contributed by atoms with Crippen molar-refractivity contribution in [1.29, 1.82) is 0 Å². The molecule has 0 spiro atoms. The summed E-state index contributed by atoms with van der Waals surface area (Å²) in [7, 11) is 0. The highest BCUT2D eigenvalue weighted by atomic mass is 16.5. The smallest absolute Gasteiger partial charge is 0.333 e. The van der Waals surface area contributed by atoms with Crippen LogP contribution in [0.2, 0.25) is 0 Å². The Balaban J connectivity index is 4.22. The van der Waals surface area contributed by atoms with Crippen molar-refractivity contribution in [1.82, 2.24) is 0 Å². The second-order valence-electron chi connectivity index (χ2n) is 4.04. The molecule has 0 heterocycles. The zero-order valence-electron chi connectivity index (χ0n) is 9.46. The fourth-order valence-electron chi connectivity index (χ4n) is 0.872. The summed E-state index contributed by atoms with van der Waals surface area (Å²) < 4.78 is 5.02. The van der Waals surface area contributed by atoms with Gasteiger partial charge in [0.1, 0.15) is 0 Å². The molecule has 1 N–H and O–H groups in total. The SMILES string of the molecule is C=C(C)C(=O)OCC(C)(CC)C(C)O. The van der Waals surface area contributed by atoms with Gasteiger partial charge in [0.15, 0.2) is 0 Å². The maximum atomic E-state index is 11.1. The Morgan fingerprint density at radius 1 is 1.64 bits per heavy atom. The summed E-state index contributed by atoms with van der Waals surface area (Å²) >= 11 is 0. The lowest BCUT2D eigenvalue weighted by Crippen LogP contribution is -2.35. The molecule has 0 aliphatic carbocycles. The molecule has 0 bridgehead atoms. The van der Waals surface area contributed by atoms with Crippen molar-refractivity contribution in [2.24, 2.45) is 5.41 Å². The number of esters is 1. The first-order chi connectivity index (χ1) is 6.33. The molecule has 0 saturated heterocycles. The molecule has 3 heteroatoms. The third-order valence-corrected chi connectivity index (χ3v) is 2.70. The van der Waals surface area contributed by atoms with Gasteiger partial charge in [0.05, 0.1) is 12.7 Å². The van der Waals surface area contributed by atoms with E-state index in [2.05, 4.69) is 6.58 Å². The molecular weight excluding hydrogens is 180 g/mol. The minimum Gasteiger partial charge on any atom is -0.462 e. The van der Waals surface area contributed by atoms with Gasteiger partial charge in [-0.3, -0.25) is 0 Å². The normalized spacial score (nSPS) is 16.9. The quantitative estimate of drug-likeness (QED) is 0.544. The fourth-order valence-corrected chi connectivity index (χ4v) is 0.872. The van der Waals surface area contributed by atoms with Gasteiger partial charge in [-0.15, -0.1) is 0 Å². The Kier molecular flexibility index (Phi) is 4.85. The fraction of sp³-hybridized carbons (Fsp3) is 0.727. The number of rotatable bonds is 5. The maximum absolute atomic E-state index is 11.1. The topological polar surface area (TPSA) is 46.5 Å². The Labute approximate surface area is 85.8 Å². The maximum Gasteiger partial charge on any atom is 0.333 e. The van der Waals surface area contributed by atoms with Crippen molar-refractivity contribution >= 4 is 5.97 Å². The van der Waals surface area contributed by atoms with Crippen molar-refractivity contribution in [2.75, 3.05) is 6.61 Å². The van der Waals surface area contributed by atoms with E-state index in [1.54, 1.807) is 13.8 Å². The van der Waals surface area contributed by atoms with Gasteiger partial charge in [-0.25, -0.2) is 4.79 Å². The number of carbonyl (C=O) groups is 1. The van der Waals surface area contributed by atoms with Gasteiger partial charge in [-0.2, -0.15) is 0 Å². The third kappa shape index (κ3) is 3.50. The zero-order chi connectivity index (χ0) is 11.4. The van der Waals surface area contributed by atoms with Crippen LogP contribution in [0.15, 0.2) is 12.2 Å². The van der Waals surface area contributed by atoms with E-state index in [1.165, 1.54) is 0 Å². The number of aliphatic hydroxyl groups is 1. The van der Waals surface area contributed by atoms with Crippen LogP contribution in [-0.2, 0) is 9.53 Å². The monoisotopic (exact) mass is 200 g/mol. The molecule has 3 nitrogen and oxygen atoms in total. The Morgan fingerprint density at radius 2 is 2.14 bits per heavy atom. The van der Waals surface area contributed by atoms with Crippen LogP contribution in [0.4, 0.5) is 0 Å². The summed E-state index contributed by atoms with van der Waals surface area (Å²) in [5.74, 6) is -0.398. The number of ether oxygens (including phenoxy) is 1. The highest BCUT2D eigenvalue weighted by Crippen LogP contribution is 2.26. The first-order valence-electron chi connectivity index (χ1n) is 4.84. The predicted molar refractivity (Wildman–Crippen MR) is 55.9 cm³/mol. The molecule has 82 valence electrons. The van der Waals surface area contributed by atoms with Gasteiger partial charge in [0.25, 0.3) is 0 Å². The van der Waals surface area contributed by atoms with E-state index in [-0.39, 0.29) is 12.0 Å². The molecule has 0 aromatic carbocycles. The molecule has 0 aliphatic heterocycles. The van der Waals surface area contributed by atoms with Gasteiger partial charge in [0.2, 0.25) is 0 Å². The molecule has 2 atom stereocenters. The van der Waals surface area contributed by atoms with Crippen molar-refractivity contribution in [3.05, 3.63) is 12.2 Å². The van der Waals surface area contributed by atoms with E-state index in [9.17, 15) is 9.90 Å². The molecule has 14 heavy (non-hydrogen) atoms. The van der Waals surface area contributed by atoms with Crippen molar-refractivity contribution in [2.45, 2.75) is 40.2 Å². The van der Waals surface area contributed by atoms with Crippen molar-refractivity contribution < 1.29 is 14.6 Å². The second-order valence-corrected chi connectivity index (χ2v) is 4.04. The van der Waals surface area contributed by atoms with Gasteiger partial charge in [-0.1, -0.05) is 20.4 Å². The first-order valence-corrected chi connectivity index (χ1v) is 4.84. The summed E-state index contributed by atoms with van der Waals surface area (Å²) in [5, 5.41) is 9.51. The molecule has 0 aromatic heterocycles. The summed E-state index contributed by atoms with van der Waals surface area (Å²) in [6.45, 7) is 10.9. The molecule has 0 amide bonds. The summed E-state index contributed by atoms with van der Waals surface area (Å²) in [6.07, 6.45) is 0.263. The van der Waals surface area contributed by atoms with Crippen LogP contribution in [0.5, 0.6) is 0 Å². The minimum atomic E-state index is -0.495. The average molecular weight is 200 g/mol. The third-order valence-electron chi connectivity index (χ3n) is 2.70. The van der Waals surface area contributed by atoms with Gasteiger partial charge in [-0.05, 0) is 20.3 Å². The predicted octanol–water partition coefficient (Wildman–Crippen LogP) is 1.90. The minimum absolute atomic E-state index is 0.229. The Bertz CT molecular complexity index is 221. The first kappa shape index (κ1) is 13.2. The molecule has 0 rings (SSSR count). The average Bonchev–Trinajstić information content (AvgIpc) is 2.12. The van der Waals surface area contributed by atoms with Gasteiger partial charge < -0.3 is 9.84 Å². The molecule has 0 radical (unpaired) electrons. The number of aliphatic hydroxyl groups excluding tert-OH is 1. The summed E-state index contributed by atoms with van der Waals surface area (Å²) in [4.78, 5) is 11.1. The number of hydrogen-bond acceptors (Lipinski definition) is 3. The van der Waals surface area contributed by atoms with E-state index < -0.39 is 12.1 Å². The highest BCUT2D eigenvalue weighted by molar-refractivity contribution is 5.86. The molecule has 2 unspecified atom stereocenters. The van der Waals surface area contributed by atoms with Crippen LogP contribution in [0.1, 0.15) is 34.1 Å². The van der Waals surface area contributed by atoms with Gasteiger partial charge in [0, 0.05) is 11.0 Å². The van der Waals surface area contributed by atoms with E-state index in [1.807, 2.05) is 13.8 Å². The van der Waals surface area contributed by atoms with Gasteiger partial charge >= 0.3 is 5.97 Å². The van der Waals surface area contributed by atoms with E-state index in [0.29, 0.717) is 5.57 Å². The molecule has 0 aliphatic rings. The van der Waals surface area contributed by atoms with Crippen LogP contribution in [0.3, 0.4) is 0 Å². The zero-order valence-corrected chi connectivity index (χ0v) is 9.46. The molecule has 0 saturated carbocycles. The number of hydrogen-bond donors (Lipinski definition) is 1. The molecular formula is C11H20O3.